The summed E-state index contributed by atoms with van der Waals surface area (Å²) in [5.74, 6) is -3.53. The van der Waals surface area contributed by atoms with E-state index in [9.17, 15) is 29.1 Å². The summed E-state index contributed by atoms with van der Waals surface area (Å²) in [5.41, 5.74) is 0.768. The van der Waals surface area contributed by atoms with Crippen LogP contribution in [-0.2, 0) is 35.3 Å². The minimum atomic E-state index is -1.46. The molecule has 0 spiro atoms. The maximum Gasteiger partial charge on any atom is 0.408 e. The maximum atomic E-state index is 12.9. The van der Waals surface area contributed by atoms with E-state index >= 15 is 0 Å². The van der Waals surface area contributed by atoms with Crippen LogP contribution in [0.3, 0.4) is 0 Å². The Balaban J connectivity index is 2.02. The molecule has 11 heteroatoms. The predicted octanol–water partition coefficient (Wildman–Crippen LogP) is -1.35. The Morgan fingerprint density at radius 2 is 1.87 bits per heavy atom. The number of hydrogen-bond acceptors (Lipinski definition) is 8. The van der Waals surface area contributed by atoms with E-state index in [1.54, 1.807) is 24.3 Å². The molecule has 3 amide bonds. The summed E-state index contributed by atoms with van der Waals surface area (Å²) in [6, 6.07) is 6.65. The van der Waals surface area contributed by atoms with Crippen molar-refractivity contribution in [3.63, 3.8) is 0 Å². The van der Waals surface area contributed by atoms with Crippen molar-refractivity contribution in [3.8, 4) is 0 Å². The molecule has 11 nitrogen and oxygen atoms in total. The summed E-state index contributed by atoms with van der Waals surface area (Å²) in [6.45, 7) is 0.697. The number of nitrogens with zero attached hydrogens (tertiary/aromatic N) is 2. The van der Waals surface area contributed by atoms with E-state index < -0.39 is 54.9 Å². The molecule has 31 heavy (non-hydrogen) atoms. The molecule has 1 aliphatic heterocycles. The van der Waals surface area contributed by atoms with Gasteiger partial charge < -0.3 is 34.5 Å². The van der Waals surface area contributed by atoms with Crippen LogP contribution in [0, 0.1) is 0 Å². The number of benzene rings is 1. The topological polar surface area (TPSA) is 145 Å². The summed E-state index contributed by atoms with van der Waals surface area (Å²) in [5, 5.41) is 13.3. The van der Waals surface area contributed by atoms with Gasteiger partial charge in [-0.25, -0.2) is 4.79 Å². The van der Waals surface area contributed by atoms with Gasteiger partial charge in [-0.3, -0.25) is 14.4 Å². The average Bonchev–Trinajstić information content (AvgIpc) is 2.75. The summed E-state index contributed by atoms with van der Waals surface area (Å²) in [4.78, 5) is 62.3. The molecule has 1 aromatic carbocycles. The van der Waals surface area contributed by atoms with Gasteiger partial charge in [0.1, 0.15) is 18.7 Å². The number of methoxy groups -OCH3 is 1. The van der Waals surface area contributed by atoms with Gasteiger partial charge in [-0.05, 0) is 12.5 Å². The highest BCUT2D eigenvalue weighted by atomic mass is 16.5. The highest BCUT2D eigenvalue weighted by molar-refractivity contribution is 5.95. The van der Waals surface area contributed by atoms with Crippen LogP contribution < -0.4 is 10.4 Å². The van der Waals surface area contributed by atoms with Crippen LogP contribution in [0.25, 0.3) is 0 Å². The number of carboxylic acid groups (broad SMARTS) is 1. The fraction of sp³-hybridized carbons (Fsp3) is 0.450. The molecule has 168 valence electrons. The van der Waals surface area contributed by atoms with Gasteiger partial charge in [-0.15, -0.1) is 0 Å². The third-order valence-electron chi connectivity index (χ3n) is 4.69. The third kappa shape index (κ3) is 6.69. The van der Waals surface area contributed by atoms with E-state index in [0.717, 1.165) is 22.5 Å². The van der Waals surface area contributed by atoms with Crippen LogP contribution in [-0.4, -0.2) is 78.5 Å². The van der Waals surface area contributed by atoms with E-state index in [4.69, 9.17) is 4.74 Å². The van der Waals surface area contributed by atoms with Gasteiger partial charge in [0, 0.05) is 13.1 Å². The Morgan fingerprint density at radius 1 is 1.19 bits per heavy atom. The smallest absolute Gasteiger partial charge is 0.408 e. The molecule has 2 unspecified atom stereocenters. The van der Waals surface area contributed by atoms with E-state index in [0.29, 0.717) is 0 Å². The van der Waals surface area contributed by atoms with Gasteiger partial charge in [-0.1, -0.05) is 30.3 Å². The molecule has 0 aromatic heterocycles. The number of nitrogens with one attached hydrogen (secondary N) is 1. The fourth-order valence-corrected chi connectivity index (χ4v) is 3.11. The van der Waals surface area contributed by atoms with Crippen molar-refractivity contribution in [2.75, 3.05) is 26.7 Å². The molecule has 1 aromatic rings. The number of piperazine rings is 1. The number of alkyl carbamates (subject to hydrolysis) is 1. The van der Waals surface area contributed by atoms with Crippen LogP contribution >= 0.6 is 0 Å². The SMILES string of the molecule is COC(=O)CC1C(=O)N(CC(=O)[O-])CCN1C(=O)C(C)NC(=O)OCc1ccccc1. The number of esters is 1. The first-order valence-electron chi connectivity index (χ1n) is 9.56. The molecule has 1 aliphatic rings. The van der Waals surface area contributed by atoms with Gasteiger partial charge in [0.2, 0.25) is 11.8 Å². The van der Waals surface area contributed by atoms with Crippen molar-refractivity contribution in [1.82, 2.24) is 15.1 Å². The molecule has 1 saturated heterocycles. The van der Waals surface area contributed by atoms with Crippen molar-refractivity contribution < 1.29 is 38.6 Å². The number of hydrogen-bond donors (Lipinski definition) is 1. The minimum absolute atomic E-state index is 0.0128. The predicted molar refractivity (Wildman–Crippen MR) is 103 cm³/mol. The van der Waals surface area contributed by atoms with Crippen molar-refractivity contribution in [2.45, 2.75) is 32.0 Å². The van der Waals surface area contributed by atoms with Gasteiger partial charge in [0.25, 0.3) is 0 Å². The molecule has 0 saturated carbocycles. The van der Waals surface area contributed by atoms with Gasteiger partial charge in [0.15, 0.2) is 0 Å². The largest absolute Gasteiger partial charge is 0.548 e. The normalized spacial score (nSPS) is 17.0. The Bertz CT molecular complexity index is 829. The summed E-state index contributed by atoms with van der Waals surface area (Å²) in [6.07, 6.45) is -1.27. The molecular weight excluding hydrogens is 410 g/mol. The summed E-state index contributed by atoms with van der Waals surface area (Å²) < 4.78 is 9.66. The Morgan fingerprint density at radius 3 is 2.48 bits per heavy atom. The molecule has 0 bridgehead atoms. The first-order valence-corrected chi connectivity index (χ1v) is 9.56. The standard InChI is InChI=1S/C20H25N3O8/c1-13(21-20(29)31-12-14-6-4-3-5-7-14)18(27)23-9-8-22(11-16(24)25)19(28)15(23)10-17(26)30-2/h3-7,13,15H,8-12H2,1-2H3,(H,21,29)(H,24,25)/p-1. The number of carboxylic acids is 1. The fourth-order valence-electron chi connectivity index (χ4n) is 3.11. The van der Waals surface area contributed by atoms with Crippen LogP contribution in [0.2, 0.25) is 0 Å². The van der Waals surface area contributed by atoms with Crippen LogP contribution in [0.5, 0.6) is 0 Å². The van der Waals surface area contributed by atoms with E-state index in [1.807, 2.05) is 6.07 Å². The minimum Gasteiger partial charge on any atom is -0.548 e. The summed E-state index contributed by atoms with van der Waals surface area (Å²) in [7, 11) is 1.13. The van der Waals surface area contributed by atoms with Crippen molar-refractivity contribution >= 4 is 29.8 Å². The molecular formula is C20H24N3O8-. The van der Waals surface area contributed by atoms with E-state index in [2.05, 4.69) is 10.1 Å². The quantitative estimate of drug-likeness (QED) is 0.495. The summed E-state index contributed by atoms with van der Waals surface area (Å²) >= 11 is 0. The number of carbonyl (C=O) groups excluding carboxylic acids is 5. The number of ether oxygens (including phenoxy) is 2. The number of amides is 3. The molecule has 2 atom stereocenters. The second kappa shape index (κ2) is 11.0. The van der Waals surface area contributed by atoms with Crippen molar-refractivity contribution in [3.05, 3.63) is 35.9 Å². The van der Waals surface area contributed by atoms with Crippen LogP contribution in [0.1, 0.15) is 18.9 Å². The van der Waals surface area contributed by atoms with Crippen LogP contribution in [0.4, 0.5) is 4.79 Å². The van der Waals surface area contributed by atoms with Gasteiger partial charge >= 0.3 is 12.1 Å². The lowest BCUT2D eigenvalue weighted by Crippen LogP contribution is -2.63. The lowest BCUT2D eigenvalue weighted by molar-refractivity contribution is -0.306. The van der Waals surface area contributed by atoms with Crippen molar-refractivity contribution in [2.24, 2.45) is 0 Å². The Kier molecular flexibility index (Phi) is 8.35. The zero-order chi connectivity index (χ0) is 23.0. The molecule has 1 N–H and O–H groups in total. The van der Waals surface area contributed by atoms with Gasteiger partial charge in [0.05, 0.1) is 26.0 Å². The molecule has 1 heterocycles. The average molecular weight is 434 g/mol. The third-order valence-corrected chi connectivity index (χ3v) is 4.69. The van der Waals surface area contributed by atoms with Crippen molar-refractivity contribution in [1.29, 1.82) is 0 Å². The lowest BCUT2D eigenvalue weighted by Gasteiger charge is -2.41. The van der Waals surface area contributed by atoms with Crippen LogP contribution in [0.15, 0.2) is 30.3 Å². The molecule has 1 fully saturated rings. The molecule has 0 aliphatic carbocycles. The van der Waals surface area contributed by atoms with E-state index in [-0.39, 0.29) is 19.7 Å². The number of carbonyl (C=O) groups is 5. The monoisotopic (exact) mass is 434 g/mol. The Hall–Kier alpha value is -3.63. The number of aliphatic carboxylic acids is 1. The first kappa shape index (κ1) is 23.6. The first-order chi connectivity index (χ1) is 14.7. The zero-order valence-electron chi connectivity index (χ0n) is 17.2. The number of rotatable bonds is 8. The second-order valence-corrected chi connectivity index (χ2v) is 6.89. The lowest BCUT2D eigenvalue weighted by atomic mass is 10.1. The highest BCUT2D eigenvalue weighted by Crippen LogP contribution is 2.17. The Labute approximate surface area is 178 Å². The molecule has 0 radical (unpaired) electrons. The van der Waals surface area contributed by atoms with Gasteiger partial charge in [-0.2, -0.15) is 0 Å². The molecule has 2 rings (SSSR count). The zero-order valence-corrected chi connectivity index (χ0v) is 17.2. The maximum absolute atomic E-state index is 12.9. The highest BCUT2D eigenvalue weighted by Gasteiger charge is 2.40. The second-order valence-electron chi connectivity index (χ2n) is 6.89. The van der Waals surface area contributed by atoms with E-state index in [1.165, 1.54) is 6.92 Å².